The van der Waals surface area contributed by atoms with E-state index in [1.807, 2.05) is 24.4 Å². The number of para-hydroxylation sites is 4. The summed E-state index contributed by atoms with van der Waals surface area (Å²) in [5.74, 6) is 1.70. The van der Waals surface area contributed by atoms with Crippen molar-refractivity contribution in [1.82, 2.24) is 24.1 Å². The van der Waals surface area contributed by atoms with E-state index in [-0.39, 0.29) is 26.5 Å². The average molecular weight is 913 g/mol. The molecule has 0 bridgehead atoms. The molecule has 0 aliphatic carbocycles. The number of rotatable bonds is 6. The molecule has 11 aromatic rings. The molecule has 0 spiro atoms. The summed E-state index contributed by atoms with van der Waals surface area (Å²) in [6, 6.07) is 63.7. The molecule has 0 saturated heterocycles. The number of aromatic nitrogens is 5. The second-order valence-electron chi connectivity index (χ2n) is 15.0. The molecule has 6 heteroatoms. The predicted octanol–water partition coefficient (Wildman–Crippen LogP) is 12.2. The van der Waals surface area contributed by atoms with Crippen molar-refractivity contribution in [2.45, 2.75) is 19.3 Å². The Hall–Kier alpha value is -6.55. The van der Waals surface area contributed by atoms with E-state index in [2.05, 4.69) is 181 Å². The van der Waals surface area contributed by atoms with Crippen LogP contribution in [0.1, 0.15) is 25.0 Å². The van der Waals surface area contributed by atoms with E-state index in [1.54, 1.807) is 0 Å². The van der Waals surface area contributed by atoms with Crippen molar-refractivity contribution in [1.29, 1.82) is 0 Å². The Balaban J connectivity index is 0.00000396. The van der Waals surface area contributed by atoms with Crippen molar-refractivity contribution in [2.75, 3.05) is 0 Å². The third-order valence-electron chi connectivity index (χ3n) is 11.5. The van der Waals surface area contributed by atoms with Gasteiger partial charge >= 0.3 is 21.1 Å². The molecule has 0 amide bonds. The van der Waals surface area contributed by atoms with E-state index in [0.717, 1.165) is 88.7 Å². The molecule has 4 heterocycles. The largest absolute Gasteiger partial charge is 2.00 e. The maximum Gasteiger partial charge on any atom is 2.00 e. The number of pyridine rings is 1. The van der Waals surface area contributed by atoms with Crippen molar-refractivity contribution in [3.8, 4) is 34.0 Å². The Morgan fingerprint density at radius 2 is 1.28 bits per heavy atom. The Morgan fingerprint density at radius 3 is 2.11 bits per heavy atom. The van der Waals surface area contributed by atoms with Crippen LogP contribution in [-0.4, -0.2) is 19.1 Å². The zero-order chi connectivity index (χ0) is 37.4. The first kappa shape index (κ1) is 34.9. The number of benzene rings is 7. The third kappa shape index (κ3) is 5.49. The van der Waals surface area contributed by atoms with Crippen LogP contribution in [0.3, 0.4) is 0 Å². The topological polar surface area (TPSA) is 49.7 Å². The van der Waals surface area contributed by atoms with E-state index in [4.69, 9.17) is 15.0 Å². The summed E-state index contributed by atoms with van der Waals surface area (Å²) in [5.41, 5.74) is 12.3. The molecule has 0 radical (unpaired) electrons. The molecular weight excluding hydrogens is 878 g/mol. The van der Waals surface area contributed by atoms with Gasteiger partial charge in [0.15, 0.2) is 0 Å². The standard InChI is InChI=1S/C51H35N5.Pt/c1-51(2,34-15-5-3-6-16-34)35-27-29-40-39-28-26-33(31-45(39)56(46(40)32-35)47-25-11-12-30-52-47)37-20-14-24-44-49(37)54-50(55(44)36-17-7-4-8-18-36)42-22-13-21-41-38-19-9-10-23-43(38)53-48(41)42;/h3-30,32H,1-2H3;/q-2;+2. The molecule has 0 saturated carbocycles. The number of hydrogen-bond donors (Lipinski definition) is 0. The first-order valence-electron chi connectivity index (χ1n) is 19.0. The van der Waals surface area contributed by atoms with Crippen molar-refractivity contribution >= 4 is 54.6 Å². The van der Waals surface area contributed by atoms with E-state index < -0.39 is 0 Å². The van der Waals surface area contributed by atoms with Crippen molar-refractivity contribution < 1.29 is 21.1 Å². The summed E-state index contributed by atoms with van der Waals surface area (Å²) in [4.78, 5) is 15.5. The second kappa shape index (κ2) is 13.6. The van der Waals surface area contributed by atoms with E-state index in [1.165, 1.54) is 11.1 Å². The number of fused-ring (bicyclic) bond motifs is 7. The van der Waals surface area contributed by atoms with E-state index >= 15 is 0 Å². The summed E-state index contributed by atoms with van der Waals surface area (Å²) in [5, 5.41) is 4.57. The molecule has 0 N–H and O–H groups in total. The van der Waals surface area contributed by atoms with Gasteiger partial charge in [-0.15, -0.1) is 34.8 Å². The summed E-state index contributed by atoms with van der Waals surface area (Å²) in [7, 11) is 0. The molecule has 0 fully saturated rings. The van der Waals surface area contributed by atoms with Gasteiger partial charge in [-0.25, -0.2) is 9.97 Å². The maximum absolute atomic E-state index is 5.51. The molecule has 0 aliphatic heterocycles. The fourth-order valence-corrected chi connectivity index (χ4v) is 8.55. The van der Waals surface area contributed by atoms with Crippen molar-refractivity contribution in [2.24, 2.45) is 0 Å². The van der Waals surface area contributed by atoms with Crippen molar-refractivity contribution in [3.05, 3.63) is 193 Å². The molecule has 0 atom stereocenters. The SMILES string of the molecule is CC(C)(c1ccccc1)c1ccc2c3ccc(-c4cccc5c4nc(-c4cccc6c4[n-]c4ccccc46)n5-c4ccccc4)[c-]c3n(-c3ccccn3)c2c1.[Pt+2]. The minimum absolute atomic E-state index is 0. The Bertz CT molecular complexity index is 3270. The monoisotopic (exact) mass is 912 g/mol. The first-order chi connectivity index (χ1) is 27.5. The zero-order valence-electron chi connectivity index (χ0n) is 31.3. The Kier molecular flexibility index (Phi) is 8.32. The Labute approximate surface area is 344 Å². The summed E-state index contributed by atoms with van der Waals surface area (Å²) >= 11 is 0. The van der Waals surface area contributed by atoms with Crippen LogP contribution in [-0.2, 0) is 26.5 Å². The number of hydrogen-bond acceptors (Lipinski definition) is 2. The number of imidazole rings is 1. The molecule has 7 aromatic carbocycles. The molecule has 0 unspecified atom stereocenters. The minimum Gasteiger partial charge on any atom is -0.656 e. The van der Waals surface area contributed by atoms with Crippen molar-refractivity contribution in [3.63, 3.8) is 0 Å². The molecule has 11 rings (SSSR count). The van der Waals surface area contributed by atoms with E-state index in [0.29, 0.717) is 0 Å². The average Bonchev–Trinajstić information content (AvgIpc) is 3.94. The molecule has 4 aromatic heterocycles. The van der Waals surface area contributed by atoms with Gasteiger partial charge in [0.1, 0.15) is 11.6 Å². The maximum atomic E-state index is 5.51. The van der Waals surface area contributed by atoms with Gasteiger partial charge in [-0.1, -0.05) is 146 Å². The van der Waals surface area contributed by atoms with Gasteiger partial charge in [0.25, 0.3) is 0 Å². The van der Waals surface area contributed by atoms with Crippen LogP contribution in [0.2, 0.25) is 0 Å². The second-order valence-corrected chi connectivity index (χ2v) is 15.0. The van der Waals surface area contributed by atoms with Crippen LogP contribution in [0.4, 0.5) is 0 Å². The van der Waals surface area contributed by atoms with Gasteiger partial charge in [0, 0.05) is 28.4 Å². The zero-order valence-corrected chi connectivity index (χ0v) is 33.6. The van der Waals surface area contributed by atoms with Crippen LogP contribution >= 0.6 is 0 Å². The van der Waals surface area contributed by atoms with Gasteiger partial charge in [0.2, 0.25) is 0 Å². The van der Waals surface area contributed by atoms with Gasteiger partial charge in [-0.05, 0) is 69.2 Å². The van der Waals surface area contributed by atoms with Crippen LogP contribution in [0.5, 0.6) is 0 Å². The van der Waals surface area contributed by atoms with Gasteiger partial charge in [-0.3, -0.25) is 4.57 Å². The Morgan fingerprint density at radius 1 is 0.561 bits per heavy atom. The van der Waals surface area contributed by atoms with Crippen LogP contribution in [0.15, 0.2) is 176 Å². The third-order valence-corrected chi connectivity index (χ3v) is 11.5. The summed E-state index contributed by atoms with van der Waals surface area (Å²) < 4.78 is 4.53. The fraction of sp³-hybridized carbons (Fsp3) is 0.0588. The molecule has 57 heavy (non-hydrogen) atoms. The van der Waals surface area contributed by atoms with Crippen LogP contribution in [0.25, 0.3) is 88.7 Å². The summed E-state index contributed by atoms with van der Waals surface area (Å²) in [6.07, 6.45) is 1.86. The molecular formula is C51H35N5Pt. The molecule has 5 nitrogen and oxygen atoms in total. The van der Waals surface area contributed by atoms with Crippen LogP contribution < -0.4 is 4.98 Å². The first-order valence-corrected chi connectivity index (χ1v) is 19.0. The number of nitrogens with zero attached hydrogens (tertiary/aromatic N) is 5. The van der Waals surface area contributed by atoms with E-state index in [9.17, 15) is 0 Å². The smallest absolute Gasteiger partial charge is 0.656 e. The quantitative estimate of drug-likeness (QED) is 0.156. The molecule has 274 valence electrons. The van der Waals surface area contributed by atoms with Gasteiger partial charge < -0.3 is 9.55 Å². The predicted molar refractivity (Wildman–Crippen MR) is 230 cm³/mol. The fourth-order valence-electron chi connectivity index (χ4n) is 8.55. The summed E-state index contributed by atoms with van der Waals surface area (Å²) in [6.45, 7) is 4.59. The normalized spacial score (nSPS) is 11.9. The van der Waals surface area contributed by atoms with Gasteiger partial charge in [-0.2, -0.15) is 0 Å². The van der Waals surface area contributed by atoms with Gasteiger partial charge in [0.05, 0.1) is 11.0 Å². The van der Waals surface area contributed by atoms with Crippen LogP contribution in [0, 0.1) is 6.07 Å². The molecule has 0 aliphatic rings. The minimum atomic E-state index is -0.199.